The Bertz CT molecular complexity index is 1360. The number of fused-ring (bicyclic) bond motifs is 1. The first-order valence-electron chi connectivity index (χ1n) is 11.3. The molecule has 0 aliphatic carbocycles. The molecule has 1 fully saturated rings. The normalized spacial score (nSPS) is 14.0. The van der Waals surface area contributed by atoms with Crippen molar-refractivity contribution in [3.8, 4) is 11.8 Å². The molecule has 2 aromatic heterocycles. The zero-order chi connectivity index (χ0) is 24.2. The average molecular weight is 471 g/mol. The van der Waals surface area contributed by atoms with Gasteiger partial charge in [0.2, 0.25) is 5.91 Å². The molecular formula is C25H26N8O2. The summed E-state index contributed by atoms with van der Waals surface area (Å²) in [6.07, 6.45) is 1.22. The van der Waals surface area contributed by atoms with Gasteiger partial charge in [-0.25, -0.2) is 0 Å². The number of benzene rings is 2. The summed E-state index contributed by atoms with van der Waals surface area (Å²) in [4.78, 5) is 25.4. The SMILES string of the molecule is C=CC(=O)Nc1cccc(Oc2nc(Nc3n[nH]c4ccccc34)cc(N3CCN(C)CC3)n2)c1. The van der Waals surface area contributed by atoms with Crippen LogP contribution < -0.4 is 20.3 Å². The predicted molar refractivity (Wildman–Crippen MR) is 136 cm³/mol. The zero-order valence-electron chi connectivity index (χ0n) is 19.4. The van der Waals surface area contributed by atoms with E-state index >= 15 is 0 Å². The van der Waals surface area contributed by atoms with E-state index in [9.17, 15) is 4.79 Å². The van der Waals surface area contributed by atoms with Crippen LogP contribution in [0.2, 0.25) is 0 Å². The highest BCUT2D eigenvalue weighted by atomic mass is 16.5. The molecule has 3 heterocycles. The van der Waals surface area contributed by atoms with Gasteiger partial charge in [-0.1, -0.05) is 24.8 Å². The monoisotopic (exact) mass is 470 g/mol. The maximum atomic E-state index is 11.7. The minimum Gasteiger partial charge on any atom is -0.424 e. The van der Waals surface area contributed by atoms with Gasteiger partial charge in [-0.2, -0.15) is 15.1 Å². The number of aromatic amines is 1. The van der Waals surface area contributed by atoms with E-state index in [1.807, 2.05) is 30.3 Å². The van der Waals surface area contributed by atoms with Gasteiger partial charge in [-0.05, 0) is 37.4 Å². The largest absolute Gasteiger partial charge is 0.424 e. The Kier molecular flexibility index (Phi) is 6.27. The molecule has 1 aliphatic rings. The van der Waals surface area contributed by atoms with Crippen molar-refractivity contribution < 1.29 is 9.53 Å². The number of piperazine rings is 1. The second kappa shape index (κ2) is 9.82. The van der Waals surface area contributed by atoms with E-state index in [1.165, 1.54) is 6.08 Å². The lowest BCUT2D eigenvalue weighted by Gasteiger charge is -2.33. The van der Waals surface area contributed by atoms with Gasteiger partial charge < -0.3 is 25.2 Å². The number of hydrogen-bond acceptors (Lipinski definition) is 8. The van der Waals surface area contributed by atoms with Gasteiger partial charge in [0.15, 0.2) is 5.82 Å². The quantitative estimate of drug-likeness (QED) is 0.350. The highest BCUT2D eigenvalue weighted by Crippen LogP contribution is 2.29. The maximum absolute atomic E-state index is 11.7. The van der Waals surface area contributed by atoms with Crippen LogP contribution in [0.25, 0.3) is 10.9 Å². The second-order valence-electron chi connectivity index (χ2n) is 8.25. The molecule has 0 bridgehead atoms. The molecule has 0 radical (unpaired) electrons. The van der Waals surface area contributed by atoms with Crippen LogP contribution in [-0.4, -0.2) is 64.2 Å². The number of amides is 1. The third-order valence-electron chi connectivity index (χ3n) is 5.73. The summed E-state index contributed by atoms with van der Waals surface area (Å²) in [7, 11) is 2.11. The Labute approximate surface area is 202 Å². The van der Waals surface area contributed by atoms with Crippen LogP contribution >= 0.6 is 0 Å². The second-order valence-corrected chi connectivity index (χ2v) is 8.25. The number of para-hydroxylation sites is 1. The van der Waals surface area contributed by atoms with E-state index in [1.54, 1.807) is 24.3 Å². The van der Waals surface area contributed by atoms with E-state index in [2.05, 4.69) is 54.2 Å². The molecule has 0 unspecified atom stereocenters. The Morgan fingerprint density at radius 3 is 2.74 bits per heavy atom. The van der Waals surface area contributed by atoms with Crippen molar-refractivity contribution >= 4 is 40.0 Å². The first kappa shape index (κ1) is 22.4. The number of likely N-dealkylation sites (N-methyl/N-ethyl adjacent to an activating group) is 1. The number of aromatic nitrogens is 4. The van der Waals surface area contributed by atoms with Crippen LogP contribution in [0.4, 0.5) is 23.1 Å². The summed E-state index contributed by atoms with van der Waals surface area (Å²) < 4.78 is 6.03. The fourth-order valence-electron chi connectivity index (χ4n) is 3.84. The molecule has 2 aromatic carbocycles. The summed E-state index contributed by atoms with van der Waals surface area (Å²) >= 11 is 0. The lowest BCUT2D eigenvalue weighted by molar-refractivity contribution is -0.111. The third-order valence-corrected chi connectivity index (χ3v) is 5.73. The number of nitrogens with one attached hydrogen (secondary N) is 3. The van der Waals surface area contributed by atoms with Crippen LogP contribution in [0.15, 0.2) is 67.3 Å². The first-order chi connectivity index (χ1) is 17.1. The van der Waals surface area contributed by atoms with Gasteiger partial charge in [0.1, 0.15) is 17.4 Å². The molecule has 10 heteroatoms. The Balaban J connectivity index is 1.45. The van der Waals surface area contributed by atoms with E-state index in [4.69, 9.17) is 4.74 Å². The van der Waals surface area contributed by atoms with E-state index in [0.717, 1.165) is 42.9 Å². The molecule has 35 heavy (non-hydrogen) atoms. The minimum absolute atomic E-state index is 0.191. The number of nitrogens with zero attached hydrogens (tertiary/aromatic N) is 5. The number of rotatable bonds is 7. The van der Waals surface area contributed by atoms with E-state index in [-0.39, 0.29) is 11.9 Å². The number of H-pyrrole nitrogens is 1. The van der Waals surface area contributed by atoms with E-state index in [0.29, 0.717) is 23.1 Å². The van der Waals surface area contributed by atoms with Gasteiger partial charge >= 0.3 is 6.01 Å². The molecule has 1 aliphatic heterocycles. The van der Waals surface area contributed by atoms with Gasteiger partial charge in [-0.15, -0.1) is 0 Å². The molecule has 10 nitrogen and oxygen atoms in total. The summed E-state index contributed by atoms with van der Waals surface area (Å²) in [5, 5.41) is 14.4. The molecule has 0 saturated carbocycles. The fraction of sp³-hybridized carbons (Fsp3) is 0.200. The number of anilines is 4. The van der Waals surface area contributed by atoms with Gasteiger partial charge in [0.25, 0.3) is 0 Å². The Morgan fingerprint density at radius 2 is 1.91 bits per heavy atom. The van der Waals surface area contributed by atoms with Crippen molar-refractivity contribution in [1.29, 1.82) is 0 Å². The molecule has 178 valence electrons. The third kappa shape index (κ3) is 5.22. The number of carbonyl (C=O) groups is 1. The number of ether oxygens (including phenoxy) is 1. The van der Waals surface area contributed by atoms with Crippen LogP contribution in [0, 0.1) is 0 Å². The molecule has 0 atom stereocenters. The summed E-state index contributed by atoms with van der Waals surface area (Å²) in [5.41, 5.74) is 1.52. The van der Waals surface area contributed by atoms with Gasteiger partial charge in [0, 0.05) is 49.4 Å². The van der Waals surface area contributed by atoms with Crippen molar-refractivity contribution in [2.45, 2.75) is 0 Å². The predicted octanol–water partition coefficient (Wildman–Crippen LogP) is 3.77. The average Bonchev–Trinajstić information content (AvgIpc) is 3.27. The van der Waals surface area contributed by atoms with Crippen molar-refractivity contribution in [2.75, 3.05) is 48.8 Å². The summed E-state index contributed by atoms with van der Waals surface area (Å²) in [5.74, 6) is 2.20. The van der Waals surface area contributed by atoms with Gasteiger partial charge in [0.05, 0.1) is 5.52 Å². The zero-order valence-corrected chi connectivity index (χ0v) is 19.4. The topological polar surface area (TPSA) is 111 Å². The summed E-state index contributed by atoms with van der Waals surface area (Å²) in [6, 6.07) is 17.0. The molecular weight excluding hydrogens is 444 g/mol. The van der Waals surface area contributed by atoms with Crippen LogP contribution in [0.1, 0.15) is 0 Å². The lowest BCUT2D eigenvalue weighted by atomic mass is 10.2. The van der Waals surface area contributed by atoms with E-state index < -0.39 is 0 Å². The molecule has 1 amide bonds. The lowest BCUT2D eigenvalue weighted by Crippen LogP contribution is -2.44. The van der Waals surface area contributed by atoms with Crippen LogP contribution in [0.3, 0.4) is 0 Å². The maximum Gasteiger partial charge on any atom is 0.325 e. The van der Waals surface area contributed by atoms with Crippen LogP contribution in [-0.2, 0) is 4.79 Å². The standard InChI is InChI=1S/C25H26N8O2/c1-3-23(34)26-17-7-6-8-18(15-17)35-25-28-21(16-22(29-25)33-13-11-32(2)12-14-33)27-24-19-9-4-5-10-20(19)30-31-24/h3-10,15-16H,1,11-14H2,2H3,(H,26,34)(H2,27,28,29,30,31). The van der Waals surface area contributed by atoms with Crippen molar-refractivity contribution in [3.63, 3.8) is 0 Å². The molecule has 1 saturated heterocycles. The molecule has 4 aromatic rings. The smallest absolute Gasteiger partial charge is 0.325 e. The minimum atomic E-state index is -0.298. The van der Waals surface area contributed by atoms with Crippen LogP contribution in [0.5, 0.6) is 11.8 Å². The highest BCUT2D eigenvalue weighted by molar-refractivity contribution is 5.99. The fourth-order valence-corrected chi connectivity index (χ4v) is 3.84. The molecule has 5 rings (SSSR count). The molecule has 0 spiro atoms. The first-order valence-corrected chi connectivity index (χ1v) is 11.3. The van der Waals surface area contributed by atoms with Gasteiger partial charge in [-0.3, -0.25) is 9.89 Å². The van der Waals surface area contributed by atoms with Crippen molar-refractivity contribution in [1.82, 2.24) is 25.1 Å². The van der Waals surface area contributed by atoms with Crippen molar-refractivity contribution in [3.05, 3.63) is 67.3 Å². The number of carbonyl (C=O) groups excluding carboxylic acids is 1. The molecule has 3 N–H and O–H groups in total. The Hall–Kier alpha value is -4.44. The highest BCUT2D eigenvalue weighted by Gasteiger charge is 2.19. The van der Waals surface area contributed by atoms with Crippen molar-refractivity contribution in [2.24, 2.45) is 0 Å². The summed E-state index contributed by atoms with van der Waals surface area (Å²) in [6.45, 7) is 7.06. The number of hydrogen-bond donors (Lipinski definition) is 3. The Morgan fingerprint density at radius 1 is 1.09 bits per heavy atom.